The molecule has 1 aliphatic heterocycles. The zero-order chi connectivity index (χ0) is 18.5. The van der Waals surface area contributed by atoms with Crippen LogP contribution in [0.4, 0.5) is 0 Å². The number of carbonyl (C=O) groups is 2. The first-order valence-corrected chi connectivity index (χ1v) is 9.24. The number of benzene rings is 2. The third kappa shape index (κ3) is 4.77. The molecule has 26 heavy (non-hydrogen) atoms. The molecule has 0 aromatic heterocycles. The van der Waals surface area contributed by atoms with Gasteiger partial charge in [-0.25, -0.2) is 0 Å². The van der Waals surface area contributed by atoms with Crippen LogP contribution in [0, 0.1) is 5.92 Å². The standard InChI is InChI=1S/C20H19Cl2NO3/c21-17-6-4-15(5-7-17)19(24)23-10-8-16(9-11-23)20(25)26-13-14-2-1-3-18(22)12-14/h1-7,12,16H,8-11,13H2. The van der Waals surface area contributed by atoms with E-state index in [9.17, 15) is 9.59 Å². The van der Waals surface area contributed by atoms with Crippen LogP contribution in [-0.2, 0) is 16.1 Å². The Morgan fingerprint density at radius 1 is 1.00 bits per heavy atom. The Morgan fingerprint density at radius 2 is 1.69 bits per heavy atom. The van der Waals surface area contributed by atoms with Crippen LogP contribution in [0.2, 0.25) is 10.0 Å². The summed E-state index contributed by atoms with van der Waals surface area (Å²) in [5.41, 5.74) is 1.47. The summed E-state index contributed by atoms with van der Waals surface area (Å²) in [6.07, 6.45) is 1.21. The summed E-state index contributed by atoms with van der Waals surface area (Å²) >= 11 is 11.8. The van der Waals surface area contributed by atoms with E-state index in [0.29, 0.717) is 41.5 Å². The Labute approximate surface area is 162 Å². The molecule has 0 bridgehead atoms. The number of ether oxygens (including phenoxy) is 1. The fourth-order valence-corrected chi connectivity index (χ4v) is 3.33. The van der Waals surface area contributed by atoms with Crippen molar-refractivity contribution in [2.45, 2.75) is 19.4 Å². The van der Waals surface area contributed by atoms with Gasteiger partial charge in [0.1, 0.15) is 6.61 Å². The summed E-state index contributed by atoms with van der Waals surface area (Å²) in [7, 11) is 0. The normalized spacial score (nSPS) is 14.9. The van der Waals surface area contributed by atoms with Gasteiger partial charge in [-0.3, -0.25) is 9.59 Å². The molecule has 1 heterocycles. The van der Waals surface area contributed by atoms with Crippen LogP contribution >= 0.6 is 23.2 Å². The third-order valence-corrected chi connectivity index (χ3v) is 4.96. The maximum Gasteiger partial charge on any atom is 0.309 e. The number of hydrogen-bond acceptors (Lipinski definition) is 3. The van der Waals surface area contributed by atoms with Gasteiger partial charge >= 0.3 is 5.97 Å². The second-order valence-corrected chi connectivity index (χ2v) is 7.18. The first-order valence-electron chi connectivity index (χ1n) is 8.49. The van der Waals surface area contributed by atoms with Crippen molar-refractivity contribution in [3.63, 3.8) is 0 Å². The van der Waals surface area contributed by atoms with Crippen molar-refractivity contribution >= 4 is 35.1 Å². The van der Waals surface area contributed by atoms with E-state index < -0.39 is 0 Å². The minimum atomic E-state index is -0.219. The first-order chi connectivity index (χ1) is 12.5. The maximum absolute atomic E-state index is 12.5. The molecule has 1 amide bonds. The van der Waals surface area contributed by atoms with Crippen LogP contribution in [0.1, 0.15) is 28.8 Å². The highest BCUT2D eigenvalue weighted by Crippen LogP contribution is 2.22. The topological polar surface area (TPSA) is 46.6 Å². The molecule has 0 spiro atoms. The average molecular weight is 392 g/mol. The van der Waals surface area contributed by atoms with Crippen molar-refractivity contribution in [3.8, 4) is 0 Å². The van der Waals surface area contributed by atoms with Crippen LogP contribution in [0.5, 0.6) is 0 Å². The molecule has 0 unspecified atom stereocenters. The van der Waals surface area contributed by atoms with E-state index in [4.69, 9.17) is 27.9 Å². The SMILES string of the molecule is O=C(OCc1cccc(Cl)c1)C1CCN(C(=O)c2ccc(Cl)cc2)CC1. The van der Waals surface area contributed by atoms with Crippen LogP contribution in [-0.4, -0.2) is 29.9 Å². The van der Waals surface area contributed by atoms with Crippen LogP contribution in [0.25, 0.3) is 0 Å². The predicted octanol–water partition coefficient (Wildman–Crippen LogP) is 4.59. The van der Waals surface area contributed by atoms with Crippen molar-refractivity contribution in [1.82, 2.24) is 4.90 Å². The molecule has 2 aromatic rings. The van der Waals surface area contributed by atoms with E-state index in [-0.39, 0.29) is 24.4 Å². The Bertz CT molecular complexity index is 784. The van der Waals surface area contributed by atoms with Gasteiger partial charge in [-0.15, -0.1) is 0 Å². The van der Waals surface area contributed by atoms with E-state index >= 15 is 0 Å². The van der Waals surface area contributed by atoms with Crippen molar-refractivity contribution in [3.05, 3.63) is 69.7 Å². The van der Waals surface area contributed by atoms with Gasteiger partial charge in [-0.1, -0.05) is 35.3 Å². The second-order valence-electron chi connectivity index (χ2n) is 6.31. The van der Waals surface area contributed by atoms with Gasteiger partial charge in [0.05, 0.1) is 5.92 Å². The van der Waals surface area contributed by atoms with Crippen LogP contribution < -0.4 is 0 Å². The molecule has 2 aromatic carbocycles. The molecule has 0 N–H and O–H groups in total. The number of esters is 1. The Morgan fingerprint density at radius 3 is 2.35 bits per heavy atom. The van der Waals surface area contributed by atoms with Crippen molar-refractivity contribution in [2.24, 2.45) is 5.92 Å². The largest absolute Gasteiger partial charge is 0.461 e. The molecule has 0 atom stereocenters. The summed E-state index contributed by atoms with van der Waals surface area (Å²) in [6.45, 7) is 1.29. The van der Waals surface area contributed by atoms with E-state index in [1.807, 2.05) is 12.1 Å². The quantitative estimate of drug-likeness (QED) is 0.715. The van der Waals surface area contributed by atoms with Crippen molar-refractivity contribution in [2.75, 3.05) is 13.1 Å². The number of rotatable bonds is 4. The molecular formula is C20H19Cl2NO3. The van der Waals surface area contributed by atoms with Crippen molar-refractivity contribution < 1.29 is 14.3 Å². The lowest BCUT2D eigenvalue weighted by atomic mass is 9.96. The minimum absolute atomic E-state index is 0.0348. The zero-order valence-electron chi connectivity index (χ0n) is 14.2. The van der Waals surface area contributed by atoms with Crippen LogP contribution in [0.3, 0.4) is 0 Å². The molecule has 1 fully saturated rings. The lowest BCUT2D eigenvalue weighted by Crippen LogP contribution is -2.40. The monoisotopic (exact) mass is 391 g/mol. The first kappa shape index (κ1) is 18.7. The third-order valence-electron chi connectivity index (χ3n) is 4.48. The van der Waals surface area contributed by atoms with E-state index in [1.165, 1.54) is 0 Å². The van der Waals surface area contributed by atoms with Gasteiger partial charge in [0.25, 0.3) is 5.91 Å². The fourth-order valence-electron chi connectivity index (χ4n) is 2.99. The van der Waals surface area contributed by atoms with E-state index in [2.05, 4.69) is 0 Å². The van der Waals surface area contributed by atoms with Gasteiger partial charge in [0.2, 0.25) is 0 Å². The number of nitrogens with zero attached hydrogens (tertiary/aromatic N) is 1. The number of amides is 1. The summed E-state index contributed by atoms with van der Waals surface area (Å²) in [5.74, 6) is -0.431. The number of carbonyl (C=O) groups excluding carboxylic acids is 2. The van der Waals surface area contributed by atoms with Gasteiger partial charge in [-0.2, -0.15) is 0 Å². The second kappa shape index (κ2) is 8.56. The lowest BCUT2D eigenvalue weighted by molar-refractivity contribution is -0.151. The summed E-state index contributed by atoms with van der Waals surface area (Å²) < 4.78 is 5.40. The number of likely N-dealkylation sites (tertiary alicyclic amines) is 1. The number of hydrogen-bond donors (Lipinski definition) is 0. The molecule has 136 valence electrons. The smallest absolute Gasteiger partial charge is 0.309 e. The number of halogens is 2. The van der Waals surface area contributed by atoms with E-state index in [1.54, 1.807) is 41.3 Å². The molecule has 1 saturated heterocycles. The fraction of sp³-hybridized carbons (Fsp3) is 0.300. The summed E-state index contributed by atoms with van der Waals surface area (Å²) in [4.78, 5) is 26.5. The van der Waals surface area contributed by atoms with Gasteiger partial charge < -0.3 is 9.64 Å². The predicted molar refractivity (Wildman–Crippen MR) is 101 cm³/mol. The molecule has 6 heteroatoms. The molecule has 1 aliphatic rings. The van der Waals surface area contributed by atoms with Gasteiger partial charge in [0, 0.05) is 28.7 Å². The highest BCUT2D eigenvalue weighted by Gasteiger charge is 2.28. The molecule has 0 saturated carbocycles. The van der Waals surface area contributed by atoms with E-state index in [0.717, 1.165) is 5.56 Å². The van der Waals surface area contributed by atoms with Gasteiger partial charge in [-0.05, 0) is 54.8 Å². The Kier molecular flexibility index (Phi) is 6.17. The summed E-state index contributed by atoms with van der Waals surface area (Å²) in [5, 5.41) is 1.22. The molecule has 0 aliphatic carbocycles. The molecular weight excluding hydrogens is 373 g/mol. The maximum atomic E-state index is 12.5. The molecule has 0 radical (unpaired) electrons. The highest BCUT2D eigenvalue weighted by molar-refractivity contribution is 6.30. The van der Waals surface area contributed by atoms with Crippen molar-refractivity contribution in [1.29, 1.82) is 0 Å². The Hall–Kier alpha value is -2.04. The van der Waals surface area contributed by atoms with Crippen LogP contribution in [0.15, 0.2) is 48.5 Å². The lowest BCUT2D eigenvalue weighted by Gasteiger charge is -2.31. The molecule has 3 rings (SSSR count). The molecule has 4 nitrogen and oxygen atoms in total. The zero-order valence-corrected chi connectivity index (χ0v) is 15.7. The van der Waals surface area contributed by atoms with Gasteiger partial charge in [0.15, 0.2) is 0 Å². The number of piperidine rings is 1. The highest BCUT2D eigenvalue weighted by atomic mass is 35.5. The Balaban J connectivity index is 1.49. The average Bonchev–Trinajstić information content (AvgIpc) is 2.66. The summed E-state index contributed by atoms with van der Waals surface area (Å²) in [6, 6.07) is 14.1. The minimum Gasteiger partial charge on any atom is -0.461 e.